The molecule has 1 heterocycles. The summed E-state index contributed by atoms with van der Waals surface area (Å²) >= 11 is 0. The topological polar surface area (TPSA) is 82.1 Å². The van der Waals surface area contributed by atoms with Gasteiger partial charge in [-0.2, -0.15) is 0 Å². The van der Waals surface area contributed by atoms with Crippen LogP contribution < -0.4 is 9.47 Å². The fraction of sp³-hybridized carbons (Fsp3) is 0.250. The van der Waals surface area contributed by atoms with Gasteiger partial charge in [0.05, 0.1) is 14.2 Å². The predicted octanol–water partition coefficient (Wildman–Crippen LogP) is 1.77. The normalized spacial score (nSPS) is 22.9. The van der Waals surface area contributed by atoms with Crippen molar-refractivity contribution in [2.24, 2.45) is 0 Å². The number of ketones is 2. The van der Waals surface area contributed by atoms with E-state index in [-0.39, 0.29) is 28.6 Å². The molecule has 2 aliphatic rings. The number of Topliss-reactive ketones (excluding diaryl/α,β-unsaturated/α-hetero) is 1. The number of phenols is 1. The molecule has 1 N–H and O–H groups in total. The van der Waals surface area contributed by atoms with Gasteiger partial charge in [-0.1, -0.05) is 0 Å². The molecule has 6 nitrogen and oxygen atoms in total. The first kappa shape index (κ1) is 14.2. The molecule has 0 saturated heterocycles. The van der Waals surface area contributed by atoms with Crippen LogP contribution in [-0.2, 0) is 9.53 Å². The van der Waals surface area contributed by atoms with Crippen LogP contribution in [0.4, 0.5) is 0 Å². The van der Waals surface area contributed by atoms with Crippen LogP contribution in [0.3, 0.4) is 0 Å². The van der Waals surface area contributed by atoms with Gasteiger partial charge in [-0.05, 0) is 18.6 Å². The van der Waals surface area contributed by atoms with E-state index in [4.69, 9.17) is 14.2 Å². The fourth-order valence-corrected chi connectivity index (χ4v) is 2.80. The van der Waals surface area contributed by atoms with E-state index in [0.29, 0.717) is 11.3 Å². The van der Waals surface area contributed by atoms with Crippen LogP contribution in [0.25, 0.3) is 0 Å². The van der Waals surface area contributed by atoms with Crippen molar-refractivity contribution in [2.45, 2.75) is 12.5 Å². The number of rotatable bonds is 2. The Morgan fingerprint density at radius 1 is 1.14 bits per heavy atom. The van der Waals surface area contributed by atoms with Crippen molar-refractivity contribution >= 4 is 11.6 Å². The lowest BCUT2D eigenvalue weighted by molar-refractivity contribution is -0.111. The molecule has 0 amide bonds. The van der Waals surface area contributed by atoms with E-state index < -0.39 is 11.4 Å². The van der Waals surface area contributed by atoms with E-state index in [1.807, 2.05) is 0 Å². The van der Waals surface area contributed by atoms with Crippen LogP contribution in [0.15, 0.2) is 35.6 Å². The zero-order valence-corrected chi connectivity index (χ0v) is 12.3. The largest absolute Gasteiger partial charge is 0.507 e. The molecule has 1 aliphatic carbocycles. The summed E-state index contributed by atoms with van der Waals surface area (Å²) in [6.07, 6.45) is 2.53. The zero-order valence-electron chi connectivity index (χ0n) is 12.3. The maximum atomic E-state index is 12.9. The van der Waals surface area contributed by atoms with Crippen LogP contribution in [-0.4, -0.2) is 36.5 Å². The van der Waals surface area contributed by atoms with Crippen LogP contribution in [0.5, 0.6) is 17.2 Å². The Kier molecular flexibility index (Phi) is 2.98. The smallest absolute Gasteiger partial charge is 0.249 e. The van der Waals surface area contributed by atoms with Crippen molar-refractivity contribution in [3.05, 3.63) is 41.2 Å². The number of allylic oxidation sites excluding steroid dienone is 2. The van der Waals surface area contributed by atoms with Gasteiger partial charge in [-0.3, -0.25) is 9.59 Å². The Balaban J connectivity index is 2.21. The summed E-state index contributed by atoms with van der Waals surface area (Å²) in [5.41, 5.74) is -1.10. The number of benzene rings is 1. The molecular formula is C16H14O6. The van der Waals surface area contributed by atoms with E-state index >= 15 is 0 Å². The molecule has 0 fully saturated rings. The lowest BCUT2D eigenvalue weighted by Gasteiger charge is -2.31. The van der Waals surface area contributed by atoms with Crippen molar-refractivity contribution < 1.29 is 28.9 Å². The summed E-state index contributed by atoms with van der Waals surface area (Å²) in [5, 5.41) is 10.1. The van der Waals surface area contributed by atoms with Gasteiger partial charge in [0.1, 0.15) is 22.8 Å². The molecule has 6 heteroatoms. The molecule has 3 rings (SSSR count). The second kappa shape index (κ2) is 4.62. The fourth-order valence-electron chi connectivity index (χ4n) is 2.80. The number of ether oxygens (including phenoxy) is 3. The third kappa shape index (κ3) is 1.67. The van der Waals surface area contributed by atoms with Crippen LogP contribution >= 0.6 is 0 Å². The summed E-state index contributed by atoms with van der Waals surface area (Å²) in [5.74, 6) is -0.357. The SMILES string of the molecule is COC1=CC(=O)C=C(C)[C@]12Oc1cc(OC)cc(O)c1C2=O. The number of hydrogen-bond acceptors (Lipinski definition) is 6. The molecule has 0 bridgehead atoms. The second-order valence-electron chi connectivity index (χ2n) is 5.07. The maximum Gasteiger partial charge on any atom is 0.249 e. The van der Waals surface area contributed by atoms with Crippen molar-refractivity contribution in [1.82, 2.24) is 0 Å². The Labute approximate surface area is 126 Å². The third-order valence-electron chi connectivity index (χ3n) is 3.85. The third-order valence-corrected chi connectivity index (χ3v) is 3.85. The van der Waals surface area contributed by atoms with E-state index in [1.54, 1.807) is 6.92 Å². The number of methoxy groups -OCH3 is 2. The van der Waals surface area contributed by atoms with Crippen LogP contribution in [0, 0.1) is 0 Å². The van der Waals surface area contributed by atoms with Gasteiger partial charge in [-0.15, -0.1) is 0 Å². The summed E-state index contributed by atoms with van der Waals surface area (Å²) in [6.45, 7) is 1.61. The molecule has 114 valence electrons. The molecule has 1 atom stereocenters. The van der Waals surface area contributed by atoms with Crippen molar-refractivity contribution in [3.63, 3.8) is 0 Å². The Bertz CT molecular complexity index is 758. The van der Waals surface area contributed by atoms with Gasteiger partial charge < -0.3 is 19.3 Å². The average Bonchev–Trinajstić information content (AvgIpc) is 2.77. The number of aromatic hydroxyl groups is 1. The van der Waals surface area contributed by atoms with Crippen molar-refractivity contribution in [3.8, 4) is 17.2 Å². The first-order valence-electron chi connectivity index (χ1n) is 6.57. The van der Waals surface area contributed by atoms with Crippen molar-refractivity contribution in [2.75, 3.05) is 14.2 Å². The summed E-state index contributed by atoms with van der Waals surface area (Å²) in [4.78, 5) is 24.5. The predicted molar refractivity (Wildman–Crippen MR) is 76.2 cm³/mol. The standard InChI is InChI=1S/C16H14O6/c1-8-4-9(17)5-13(21-3)16(8)15(19)14-11(18)6-10(20-2)7-12(14)22-16/h4-7,18H,1-3H3/t16-/m0/s1. The minimum absolute atomic E-state index is 0.0471. The molecule has 1 spiro atoms. The molecule has 1 aromatic rings. The molecule has 0 unspecified atom stereocenters. The summed E-state index contributed by atoms with van der Waals surface area (Å²) in [6, 6.07) is 2.85. The zero-order chi connectivity index (χ0) is 16.1. The molecule has 0 aromatic heterocycles. The van der Waals surface area contributed by atoms with Gasteiger partial charge >= 0.3 is 0 Å². The van der Waals surface area contributed by atoms with Gasteiger partial charge in [0, 0.05) is 18.2 Å². The van der Waals surface area contributed by atoms with E-state index in [0.717, 1.165) is 0 Å². The monoisotopic (exact) mass is 302 g/mol. The quantitative estimate of drug-likeness (QED) is 0.896. The molecule has 0 saturated carbocycles. The molecular weight excluding hydrogens is 288 g/mol. The van der Waals surface area contributed by atoms with Gasteiger partial charge in [-0.25, -0.2) is 0 Å². The van der Waals surface area contributed by atoms with E-state index in [9.17, 15) is 14.7 Å². The minimum atomic E-state index is -1.55. The minimum Gasteiger partial charge on any atom is -0.507 e. The van der Waals surface area contributed by atoms with Crippen LogP contribution in [0.1, 0.15) is 17.3 Å². The Morgan fingerprint density at radius 3 is 2.50 bits per heavy atom. The summed E-state index contributed by atoms with van der Waals surface area (Å²) < 4.78 is 16.1. The molecule has 22 heavy (non-hydrogen) atoms. The highest BCUT2D eigenvalue weighted by Crippen LogP contribution is 2.49. The number of phenolic OH excluding ortho intramolecular Hbond substituents is 1. The second-order valence-corrected chi connectivity index (χ2v) is 5.07. The number of hydrogen-bond donors (Lipinski definition) is 1. The highest BCUT2D eigenvalue weighted by molar-refractivity contribution is 6.16. The Hall–Kier alpha value is -2.76. The lowest BCUT2D eigenvalue weighted by atomic mass is 9.82. The first-order chi connectivity index (χ1) is 10.4. The molecule has 0 radical (unpaired) electrons. The highest BCUT2D eigenvalue weighted by atomic mass is 16.6. The first-order valence-corrected chi connectivity index (χ1v) is 6.57. The van der Waals surface area contributed by atoms with E-state index in [2.05, 4.69) is 0 Å². The van der Waals surface area contributed by atoms with Crippen LogP contribution in [0.2, 0.25) is 0 Å². The van der Waals surface area contributed by atoms with Gasteiger partial charge in [0.25, 0.3) is 0 Å². The average molecular weight is 302 g/mol. The van der Waals surface area contributed by atoms with Crippen molar-refractivity contribution in [1.29, 1.82) is 0 Å². The summed E-state index contributed by atoms with van der Waals surface area (Å²) in [7, 11) is 2.80. The maximum absolute atomic E-state index is 12.9. The van der Waals surface area contributed by atoms with Gasteiger partial charge in [0.15, 0.2) is 11.5 Å². The molecule has 1 aromatic carbocycles. The molecule has 1 aliphatic heterocycles. The van der Waals surface area contributed by atoms with E-state index in [1.165, 1.54) is 38.5 Å². The Morgan fingerprint density at radius 2 is 1.86 bits per heavy atom. The number of carbonyl (C=O) groups excluding carboxylic acids is 2. The number of fused-ring (bicyclic) bond motifs is 1. The lowest BCUT2D eigenvalue weighted by Crippen LogP contribution is -2.46. The number of carbonyl (C=O) groups is 2. The highest BCUT2D eigenvalue weighted by Gasteiger charge is 2.56. The van der Waals surface area contributed by atoms with Gasteiger partial charge in [0.2, 0.25) is 11.4 Å².